The smallest absolute Gasteiger partial charge is 0.407 e. The number of alkyl carbamates (subject to hydrolysis) is 1. The average molecular weight is 572 g/mol. The fourth-order valence-electron chi connectivity index (χ4n) is 4.37. The number of hydrogen-bond donors (Lipinski definition) is 4. The van der Waals surface area contributed by atoms with Crippen molar-refractivity contribution in [2.75, 3.05) is 19.8 Å². The van der Waals surface area contributed by atoms with Crippen LogP contribution in [0.4, 0.5) is 4.79 Å². The molecule has 1 aliphatic heterocycles. The first-order valence-electron chi connectivity index (χ1n) is 13.4. The Hall–Kier alpha value is -3.23. The Balaban J connectivity index is 1.52. The predicted octanol–water partition coefficient (Wildman–Crippen LogP) is 1.86. The second kappa shape index (κ2) is 13.0. The van der Waals surface area contributed by atoms with Gasteiger partial charge in [0, 0.05) is 26.6 Å². The van der Waals surface area contributed by atoms with Gasteiger partial charge in [0.15, 0.2) is 17.7 Å². The number of imidazole rings is 1. The van der Waals surface area contributed by atoms with Gasteiger partial charge < -0.3 is 30.1 Å². The molecule has 0 unspecified atom stereocenters. The number of nitrogens with one attached hydrogen (secondary N) is 1. The van der Waals surface area contributed by atoms with E-state index in [1.165, 1.54) is 10.9 Å². The van der Waals surface area contributed by atoms with Crippen LogP contribution in [0.3, 0.4) is 0 Å². The number of amides is 1. The summed E-state index contributed by atoms with van der Waals surface area (Å²) in [5.41, 5.74) is 1.65. The largest absolute Gasteiger partial charge is 0.450 e. The second-order valence-electron chi connectivity index (χ2n) is 11.1. The first kappa shape index (κ1) is 29.7. The lowest BCUT2D eigenvalue weighted by Crippen LogP contribution is -2.33. The normalized spacial score (nSPS) is 21.1. The van der Waals surface area contributed by atoms with Crippen molar-refractivity contribution in [1.29, 1.82) is 0 Å². The number of rotatable bonds is 12. The van der Waals surface area contributed by atoms with Crippen LogP contribution in [0.1, 0.15) is 34.5 Å². The zero-order valence-electron chi connectivity index (χ0n) is 23.0. The van der Waals surface area contributed by atoms with E-state index < -0.39 is 45.3 Å². The molecule has 40 heavy (non-hydrogen) atoms. The highest BCUT2D eigenvalue weighted by molar-refractivity contribution is 6.76. The first-order valence-corrected chi connectivity index (χ1v) is 17.1. The van der Waals surface area contributed by atoms with Crippen LogP contribution in [0.15, 0.2) is 36.7 Å². The molecule has 1 fully saturated rings. The van der Waals surface area contributed by atoms with Crippen molar-refractivity contribution in [2.24, 2.45) is 0 Å². The molecule has 0 spiro atoms. The lowest BCUT2D eigenvalue weighted by molar-refractivity contribution is -0.0511. The number of aromatic nitrogens is 4. The molecule has 4 atom stereocenters. The highest BCUT2D eigenvalue weighted by Gasteiger charge is 2.44. The summed E-state index contributed by atoms with van der Waals surface area (Å²) in [6.45, 7) is 6.92. The number of carbonyl (C=O) groups is 2. The summed E-state index contributed by atoms with van der Waals surface area (Å²) in [6.07, 6.45) is -2.78. The Morgan fingerprint density at radius 1 is 1.12 bits per heavy atom. The number of carbonyl (C=O) groups excluding carboxylic acids is 2. The minimum Gasteiger partial charge on any atom is -0.450 e. The third-order valence-electron chi connectivity index (χ3n) is 6.69. The number of aliphatic hydroxyl groups excluding tert-OH is 3. The van der Waals surface area contributed by atoms with E-state index in [2.05, 4.69) is 39.9 Å². The highest BCUT2D eigenvalue weighted by atomic mass is 28.3. The van der Waals surface area contributed by atoms with E-state index in [1.807, 2.05) is 6.07 Å². The van der Waals surface area contributed by atoms with Gasteiger partial charge in [-0.2, -0.15) is 0 Å². The molecule has 1 saturated heterocycles. The molecule has 0 saturated carbocycles. The van der Waals surface area contributed by atoms with Gasteiger partial charge in [-0.15, -0.1) is 0 Å². The van der Waals surface area contributed by atoms with Gasteiger partial charge in [-0.25, -0.2) is 19.7 Å². The maximum Gasteiger partial charge on any atom is 0.407 e. The van der Waals surface area contributed by atoms with Gasteiger partial charge >= 0.3 is 6.09 Å². The van der Waals surface area contributed by atoms with Gasteiger partial charge in [0.1, 0.15) is 29.7 Å². The Morgan fingerprint density at radius 2 is 1.88 bits per heavy atom. The molecule has 1 aromatic carbocycles. The maximum atomic E-state index is 13.0. The summed E-state index contributed by atoms with van der Waals surface area (Å²) in [7, 11) is -1.29. The number of nitrogens with zero attached hydrogens (tertiary/aromatic N) is 4. The molecule has 4 N–H and O–H groups in total. The monoisotopic (exact) mass is 571 g/mol. The van der Waals surface area contributed by atoms with Crippen LogP contribution in [-0.2, 0) is 22.3 Å². The van der Waals surface area contributed by atoms with Crippen molar-refractivity contribution in [3.05, 3.63) is 53.7 Å². The molecule has 3 heterocycles. The van der Waals surface area contributed by atoms with Crippen molar-refractivity contribution >= 4 is 31.1 Å². The van der Waals surface area contributed by atoms with E-state index in [9.17, 15) is 24.9 Å². The first-order chi connectivity index (χ1) is 19.1. The second-order valence-corrected chi connectivity index (χ2v) is 16.7. The van der Waals surface area contributed by atoms with E-state index in [0.29, 0.717) is 54.2 Å². The Morgan fingerprint density at radius 3 is 2.55 bits per heavy atom. The molecule has 1 amide bonds. The summed E-state index contributed by atoms with van der Waals surface area (Å²) in [5, 5.41) is 33.1. The summed E-state index contributed by atoms with van der Waals surface area (Å²) in [4.78, 5) is 38.7. The van der Waals surface area contributed by atoms with Gasteiger partial charge in [-0.05, 0) is 12.5 Å². The molecule has 1 aliphatic rings. The maximum absolute atomic E-state index is 13.0. The summed E-state index contributed by atoms with van der Waals surface area (Å²) < 4.78 is 12.4. The van der Waals surface area contributed by atoms with Gasteiger partial charge in [0.05, 0.1) is 31.7 Å². The molecule has 4 rings (SSSR count). The van der Waals surface area contributed by atoms with Crippen molar-refractivity contribution in [3.63, 3.8) is 0 Å². The van der Waals surface area contributed by atoms with Gasteiger partial charge in [0.25, 0.3) is 0 Å². The fourth-order valence-corrected chi connectivity index (χ4v) is 5.09. The molecule has 13 heteroatoms. The summed E-state index contributed by atoms with van der Waals surface area (Å²) in [5.74, 6) is 0.280. The number of hydrogen-bond acceptors (Lipinski definition) is 10. The van der Waals surface area contributed by atoms with Crippen LogP contribution in [0.2, 0.25) is 25.7 Å². The molecule has 216 valence electrons. The summed E-state index contributed by atoms with van der Waals surface area (Å²) in [6, 6.07) is 9.75. The Labute approximate surface area is 233 Å². The molecule has 2 aromatic heterocycles. The molecule has 0 bridgehead atoms. The zero-order chi connectivity index (χ0) is 28.9. The van der Waals surface area contributed by atoms with E-state index in [0.717, 1.165) is 6.04 Å². The van der Waals surface area contributed by atoms with Crippen LogP contribution in [0.5, 0.6) is 0 Å². The van der Waals surface area contributed by atoms with Crippen molar-refractivity contribution in [2.45, 2.75) is 69.5 Å². The minimum absolute atomic E-state index is 0.0231. The van der Waals surface area contributed by atoms with E-state index in [4.69, 9.17) is 9.47 Å². The van der Waals surface area contributed by atoms with Crippen LogP contribution < -0.4 is 5.32 Å². The molecule has 3 aromatic rings. The van der Waals surface area contributed by atoms with Crippen molar-refractivity contribution in [1.82, 2.24) is 24.8 Å². The lowest BCUT2D eigenvalue weighted by Gasteiger charge is -2.17. The fraction of sp³-hybridized carbons (Fsp3) is 0.519. The number of aryl methyl sites for hydroxylation is 1. The number of Topliss-reactive ketones (excluding diaryl/α,β-unsaturated/α-hetero) is 1. The van der Waals surface area contributed by atoms with Crippen LogP contribution in [0.25, 0.3) is 11.2 Å². The molecular formula is C27H37N5O7Si. The minimum atomic E-state index is -1.32. The number of ether oxygens (including phenoxy) is 2. The van der Waals surface area contributed by atoms with Gasteiger partial charge in [0.2, 0.25) is 0 Å². The van der Waals surface area contributed by atoms with E-state index >= 15 is 0 Å². The number of ketones is 1. The SMILES string of the molecule is C[Si](C)(C)CCOC(=O)NCCCc1nc(CC(=O)c2ccccc2)c2ncn([C@@H]3O[C@H](CO)[C@@H](O)[C@H]3O)c2n1. The number of fused-ring (bicyclic) bond motifs is 1. The van der Waals surface area contributed by atoms with E-state index in [1.54, 1.807) is 24.3 Å². The molecular weight excluding hydrogens is 534 g/mol. The number of benzene rings is 1. The molecule has 12 nitrogen and oxygen atoms in total. The summed E-state index contributed by atoms with van der Waals surface area (Å²) >= 11 is 0. The number of aliphatic hydroxyl groups is 3. The molecule has 0 radical (unpaired) electrons. The zero-order valence-corrected chi connectivity index (χ0v) is 24.0. The topological polar surface area (TPSA) is 169 Å². The van der Waals surface area contributed by atoms with Gasteiger partial charge in [-0.3, -0.25) is 9.36 Å². The van der Waals surface area contributed by atoms with Crippen LogP contribution in [0, 0.1) is 0 Å². The van der Waals surface area contributed by atoms with Crippen LogP contribution in [-0.4, -0.2) is 92.9 Å². The highest BCUT2D eigenvalue weighted by Crippen LogP contribution is 2.32. The quantitative estimate of drug-likeness (QED) is 0.143. The van der Waals surface area contributed by atoms with Crippen molar-refractivity contribution < 1.29 is 34.4 Å². The Kier molecular flexibility index (Phi) is 9.63. The molecule has 0 aliphatic carbocycles. The standard InChI is InChI=1S/C27H37N5O7Si/c1-40(2,3)13-12-38-27(37)28-11-7-10-21-30-18(14-19(34)17-8-5-4-6-9-17)22-25(31-21)32(16-29-22)26-24(36)23(35)20(15-33)39-26/h4-6,8-9,16,20,23-24,26,33,35-36H,7,10-15H2,1-3H3,(H,28,37)/t20-,23-,24-,26-/m1/s1. The third-order valence-corrected chi connectivity index (χ3v) is 8.39. The lowest BCUT2D eigenvalue weighted by atomic mass is 10.1. The van der Waals surface area contributed by atoms with Gasteiger partial charge in [-0.1, -0.05) is 50.0 Å². The van der Waals surface area contributed by atoms with Crippen LogP contribution >= 0.6 is 0 Å². The predicted molar refractivity (Wildman–Crippen MR) is 149 cm³/mol. The third kappa shape index (κ3) is 7.28. The van der Waals surface area contributed by atoms with E-state index in [-0.39, 0.29) is 12.2 Å². The Bertz CT molecular complexity index is 1310. The average Bonchev–Trinajstić information content (AvgIpc) is 3.46. The van der Waals surface area contributed by atoms with Crippen molar-refractivity contribution in [3.8, 4) is 0 Å².